The van der Waals surface area contributed by atoms with Crippen LogP contribution in [0, 0.1) is 5.92 Å². The molecule has 0 saturated carbocycles. The van der Waals surface area contributed by atoms with E-state index in [0.29, 0.717) is 12.0 Å². The molecule has 0 N–H and O–H groups in total. The van der Waals surface area contributed by atoms with Crippen molar-refractivity contribution in [1.82, 2.24) is 0 Å². The zero-order chi connectivity index (χ0) is 12.8. The third-order valence-electron chi connectivity index (χ3n) is 3.61. The summed E-state index contributed by atoms with van der Waals surface area (Å²) in [7, 11) is 0. The van der Waals surface area contributed by atoms with E-state index in [0.717, 1.165) is 23.4 Å². The van der Waals surface area contributed by atoms with Crippen LogP contribution in [-0.4, -0.2) is 18.0 Å². The molecule has 1 aliphatic rings. The Hall–Kier alpha value is -0.0500. The molecule has 2 rings (SSSR count). The van der Waals surface area contributed by atoms with Gasteiger partial charge in [0.2, 0.25) is 0 Å². The lowest BCUT2D eigenvalue weighted by atomic mass is 9.94. The monoisotopic (exact) mass is 330 g/mol. The standard InChI is InChI=1S/C15H20BrClO/c16-11-12(7-8-14-5-3-9-18-14)10-13-4-1-2-6-15(13)17/h1-2,4,6,12,14H,3,5,7-11H2. The van der Waals surface area contributed by atoms with Gasteiger partial charge in [0.05, 0.1) is 6.10 Å². The van der Waals surface area contributed by atoms with E-state index >= 15 is 0 Å². The largest absolute Gasteiger partial charge is 0.378 e. The number of halogens is 2. The summed E-state index contributed by atoms with van der Waals surface area (Å²) in [6, 6.07) is 8.15. The van der Waals surface area contributed by atoms with E-state index in [1.54, 1.807) is 0 Å². The highest BCUT2D eigenvalue weighted by atomic mass is 79.9. The molecule has 1 aromatic rings. The van der Waals surface area contributed by atoms with E-state index < -0.39 is 0 Å². The Balaban J connectivity index is 1.83. The Morgan fingerprint density at radius 1 is 1.39 bits per heavy atom. The molecule has 1 saturated heterocycles. The Kier molecular flexibility index (Phi) is 6.00. The Labute approximate surface area is 123 Å². The fourth-order valence-electron chi connectivity index (χ4n) is 2.50. The highest BCUT2D eigenvalue weighted by Gasteiger charge is 2.18. The smallest absolute Gasteiger partial charge is 0.0576 e. The van der Waals surface area contributed by atoms with Gasteiger partial charge in [-0.2, -0.15) is 0 Å². The normalized spacial score (nSPS) is 21.1. The average molecular weight is 332 g/mol. The van der Waals surface area contributed by atoms with Gasteiger partial charge in [0.15, 0.2) is 0 Å². The third kappa shape index (κ3) is 4.25. The van der Waals surface area contributed by atoms with Gasteiger partial charge >= 0.3 is 0 Å². The van der Waals surface area contributed by atoms with Crippen LogP contribution in [0.5, 0.6) is 0 Å². The molecule has 0 spiro atoms. The summed E-state index contributed by atoms with van der Waals surface area (Å²) >= 11 is 9.84. The van der Waals surface area contributed by atoms with Gasteiger partial charge in [-0.1, -0.05) is 45.7 Å². The molecule has 0 radical (unpaired) electrons. The van der Waals surface area contributed by atoms with Crippen molar-refractivity contribution in [1.29, 1.82) is 0 Å². The number of benzene rings is 1. The molecule has 1 fully saturated rings. The lowest BCUT2D eigenvalue weighted by Gasteiger charge is -2.17. The van der Waals surface area contributed by atoms with Crippen LogP contribution in [0.1, 0.15) is 31.2 Å². The van der Waals surface area contributed by atoms with E-state index in [1.165, 1.54) is 31.2 Å². The van der Waals surface area contributed by atoms with Crippen LogP contribution in [0.4, 0.5) is 0 Å². The minimum Gasteiger partial charge on any atom is -0.378 e. The fraction of sp³-hybridized carbons (Fsp3) is 0.600. The zero-order valence-corrected chi connectivity index (χ0v) is 12.9. The van der Waals surface area contributed by atoms with E-state index in [4.69, 9.17) is 16.3 Å². The SMILES string of the molecule is Clc1ccccc1CC(CBr)CCC1CCCO1. The molecule has 3 heteroatoms. The molecular formula is C15H20BrClO. The van der Waals surface area contributed by atoms with E-state index in [2.05, 4.69) is 28.1 Å². The number of hydrogen-bond acceptors (Lipinski definition) is 1. The van der Waals surface area contributed by atoms with Crippen molar-refractivity contribution in [3.63, 3.8) is 0 Å². The molecule has 0 amide bonds. The summed E-state index contributed by atoms with van der Waals surface area (Å²) in [6.45, 7) is 0.953. The van der Waals surface area contributed by atoms with Crippen LogP contribution in [-0.2, 0) is 11.2 Å². The van der Waals surface area contributed by atoms with Crippen molar-refractivity contribution in [2.75, 3.05) is 11.9 Å². The predicted molar refractivity (Wildman–Crippen MR) is 80.6 cm³/mol. The lowest BCUT2D eigenvalue weighted by molar-refractivity contribution is 0.0989. The summed E-state index contributed by atoms with van der Waals surface area (Å²) < 4.78 is 5.68. The van der Waals surface area contributed by atoms with Gasteiger partial charge in [-0.15, -0.1) is 0 Å². The van der Waals surface area contributed by atoms with E-state index in [9.17, 15) is 0 Å². The topological polar surface area (TPSA) is 9.23 Å². The number of rotatable bonds is 6. The second-order valence-electron chi connectivity index (χ2n) is 5.03. The Bertz CT molecular complexity index is 363. The molecule has 1 aromatic carbocycles. The summed E-state index contributed by atoms with van der Waals surface area (Å²) in [4.78, 5) is 0. The average Bonchev–Trinajstić information content (AvgIpc) is 2.90. The van der Waals surface area contributed by atoms with E-state index in [1.807, 2.05) is 12.1 Å². The summed E-state index contributed by atoms with van der Waals surface area (Å²) in [5.74, 6) is 0.647. The van der Waals surface area contributed by atoms with Gasteiger partial charge in [-0.25, -0.2) is 0 Å². The first-order valence-corrected chi connectivity index (χ1v) is 8.20. The molecular weight excluding hydrogens is 312 g/mol. The molecule has 18 heavy (non-hydrogen) atoms. The number of hydrogen-bond donors (Lipinski definition) is 0. The van der Waals surface area contributed by atoms with Crippen LogP contribution in [0.2, 0.25) is 5.02 Å². The van der Waals surface area contributed by atoms with Crippen molar-refractivity contribution in [2.45, 2.75) is 38.2 Å². The molecule has 2 atom stereocenters. The maximum Gasteiger partial charge on any atom is 0.0576 e. The fourth-order valence-corrected chi connectivity index (χ4v) is 3.27. The van der Waals surface area contributed by atoms with Crippen molar-refractivity contribution in [3.8, 4) is 0 Å². The molecule has 0 bridgehead atoms. The second kappa shape index (κ2) is 7.52. The van der Waals surface area contributed by atoms with Crippen LogP contribution in [0.25, 0.3) is 0 Å². The van der Waals surface area contributed by atoms with Crippen molar-refractivity contribution in [3.05, 3.63) is 34.9 Å². The first-order valence-electron chi connectivity index (χ1n) is 6.70. The quantitative estimate of drug-likeness (QED) is 0.677. The summed E-state index contributed by atoms with van der Waals surface area (Å²) in [5, 5.41) is 1.92. The van der Waals surface area contributed by atoms with Crippen LogP contribution >= 0.6 is 27.5 Å². The van der Waals surface area contributed by atoms with Crippen LogP contribution < -0.4 is 0 Å². The summed E-state index contributed by atoms with van der Waals surface area (Å²) in [6.07, 6.45) is 6.41. The minimum absolute atomic E-state index is 0.498. The van der Waals surface area contributed by atoms with Gasteiger partial charge in [0.25, 0.3) is 0 Å². The molecule has 1 aliphatic heterocycles. The van der Waals surface area contributed by atoms with Crippen LogP contribution in [0.3, 0.4) is 0 Å². The van der Waals surface area contributed by atoms with Crippen molar-refractivity contribution >= 4 is 27.5 Å². The summed E-state index contributed by atoms with van der Waals surface area (Å²) in [5.41, 5.74) is 1.26. The lowest BCUT2D eigenvalue weighted by Crippen LogP contribution is -2.12. The van der Waals surface area contributed by atoms with Gasteiger partial charge in [0, 0.05) is 17.0 Å². The maximum absolute atomic E-state index is 6.21. The Morgan fingerprint density at radius 2 is 2.22 bits per heavy atom. The zero-order valence-electron chi connectivity index (χ0n) is 10.6. The third-order valence-corrected chi connectivity index (χ3v) is 4.89. The molecule has 2 unspecified atom stereocenters. The van der Waals surface area contributed by atoms with Gasteiger partial charge < -0.3 is 4.74 Å². The minimum atomic E-state index is 0.498. The molecule has 1 nitrogen and oxygen atoms in total. The maximum atomic E-state index is 6.21. The highest BCUT2D eigenvalue weighted by molar-refractivity contribution is 9.09. The highest BCUT2D eigenvalue weighted by Crippen LogP contribution is 2.25. The molecule has 1 heterocycles. The first kappa shape index (κ1) is 14.4. The van der Waals surface area contributed by atoms with Gasteiger partial charge in [0.1, 0.15) is 0 Å². The predicted octanol–water partition coefficient (Wildman–Crippen LogP) is 4.85. The van der Waals surface area contributed by atoms with Crippen LogP contribution in [0.15, 0.2) is 24.3 Å². The number of alkyl halides is 1. The van der Waals surface area contributed by atoms with Crippen molar-refractivity contribution in [2.24, 2.45) is 5.92 Å². The number of ether oxygens (including phenoxy) is 1. The van der Waals surface area contributed by atoms with Gasteiger partial charge in [-0.05, 0) is 49.7 Å². The molecule has 100 valence electrons. The first-order chi connectivity index (χ1) is 8.79. The Morgan fingerprint density at radius 3 is 2.89 bits per heavy atom. The second-order valence-corrected chi connectivity index (χ2v) is 6.08. The van der Waals surface area contributed by atoms with E-state index in [-0.39, 0.29) is 0 Å². The molecule has 0 aliphatic carbocycles. The van der Waals surface area contributed by atoms with Gasteiger partial charge in [-0.3, -0.25) is 0 Å². The molecule has 0 aromatic heterocycles. The van der Waals surface area contributed by atoms with Crippen molar-refractivity contribution < 1.29 is 4.74 Å².